The van der Waals surface area contributed by atoms with Crippen LogP contribution in [0.15, 0.2) is 30.5 Å². The molecule has 3 heterocycles. The van der Waals surface area contributed by atoms with Crippen molar-refractivity contribution in [3.05, 3.63) is 47.5 Å². The molecular weight excluding hydrogens is 270 g/mol. The first-order chi connectivity index (χ1) is 10.2. The van der Waals surface area contributed by atoms with Gasteiger partial charge in [-0.25, -0.2) is 9.78 Å². The van der Waals surface area contributed by atoms with E-state index in [1.54, 1.807) is 10.7 Å². The molecule has 0 radical (unpaired) electrons. The minimum atomic E-state index is -0.964. The average Bonchev–Trinajstić information content (AvgIpc) is 2.91. The maximum Gasteiger partial charge on any atom is 0.354 e. The molecule has 21 heavy (non-hydrogen) atoms. The number of likely N-dealkylation sites (tertiary alicyclic amines) is 1. The molecule has 1 aliphatic heterocycles. The molecule has 0 bridgehead atoms. The fraction of sp³-hybridized carbons (Fsp3) is 0.286. The van der Waals surface area contributed by atoms with Gasteiger partial charge in [0.2, 0.25) is 0 Å². The number of carboxylic acids is 1. The van der Waals surface area contributed by atoms with Gasteiger partial charge in [0.25, 0.3) is 0 Å². The van der Waals surface area contributed by atoms with Crippen molar-refractivity contribution < 1.29 is 9.90 Å². The van der Waals surface area contributed by atoms with Gasteiger partial charge in [-0.1, -0.05) is 6.07 Å². The van der Waals surface area contributed by atoms with Gasteiger partial charge in [-0.15, -0.1) is 0 Å². The predicted octanol–water partition coefficient (Wildman–Crippen LogP) is 0.905. The number of hydrogen-bond acceptors (Lipinski definition) is 5. The molecule has 0 atom stereocenters. The number of rotatable bonds is 4. The summed E-state index contributed by atoms with van der Waals surface area (Å²) < 4.78 is 1.55. The standard InChI is InChI=1S/C14H13N5O2/c15-6-10-2-1-3-11(17-10)7-18-8-12(9-18)19-13(14(20)21)4-5-16-19/h1-5,12H,7-9H2,(H,20,21). The van der Waals surface area contributed by atoms with Crippen LogP contribution >= 0.6 is 0 Å². The number of nitriles is 1. The highest BCUT2D eigenvalue weighted by Gasteiger charge is 2.31. The summed E-state index contributed by atoms with van der Waals surface area (Å²) in [7, 11) is 0. The first kappa shape index (κ1) is 13.3. The number of hydrogen-bond donors (Lipinski definition) is 1. The Morgan fingerprint density at radius 3 is 2.95 bits per heavy atom. The second kappa shape index (κ2) is 5.34. The van der Waals surface area contributed by atoms with Crippen molar-refractivity contribution in [3.8, 4) is 6.07 Å². The van der Waals surface area contributed by atoms with Gasteiger partial charge < -0.3 is 5.11 Å². The van der Waals surface area contributed by atoms with Gasteiger partial charge in [0, 0.05) is 25.8 Å². The highest BCUT2D eigenvalue weighted by atomic mass is 16.4. The van der Waals surface area contributed by atoms with E-state index in [1.807, 2.05) is 18.2 Å². The molecule has 1 aliphatic rings. The molecule has 0 spiro atoms. The molecule has 1 N–H and O–H groups in total. The second-order valence-corrected chi connectivity index (χ2v) is 4.94. The van der Waals surface area contributed by atoms with E-state index in [0.29, 0.717) is 12.2 Å². The van der Waals surface area contributed by atoms with Crippen LogP contribution in [0.1, 0.15) is 27.9 Å². The molecule has 0 amide bonds. The Bertz CT molecular complexity index is 712. The minimum Gasteiger partial charge on any atom is -0.477 e. The molecule has 7 nitrogen and oxygen atoms in total. The topological polar surface area (TPSA) is 95.0 Å². The van der Waals surface area contributed by atoms with Crippen molar-refractivity contribution in [1.29, 1.82) is 5.26 Å². The van der Waals surface area contributed by atoms with Crippen LogP contribution in [0.5, 0.6) is 0 Å². The van der Waals surface area contributed by atoms with Crippen molar-refractivity contribution in [1.82, 2.24) is 19.7 Å². The number of aromatic carboxylic acids is 1. The largest absolute Gasteiger partial charge is 0.477 e. The first-order valence-electron chi connectivity index (χ1n) is 6.52. The number of carboxylic acid groups (broad SMARTS) is 1. The zero-order valence-electron chi connectivity index (χ0n) is 11.2. The summed E-state index contributed by atoms with van der Waals surface area (Å²) in [5.74, 6) is -0.964. The van der Waals surface area contributed by atoms with E-state index in [2.05, 4.69) is 15.0 Å². The second-order valence-electron chi connectivity index (χ2n) is 4.94. The maximum atomic E-state index is 11.1. The minimum absolute atomic E-state index is 0.0743. The van der Waals surface area contributed by atoms with Gasteiger partial charge in [0.05, 0.1) is 11.7 Å². The van der Waals surface area contributed by atoms with Gasteiger partial charge in [-0.2, -0.15) is 10.4 Å². The Labute approximate surface area is 121 Å². The summed E-state index contributed by atoms with van der Waals surface area (Å²) in [5.41, 5.74) is 1.46. The lowest BCUT2D eigenvalue weighted by atomic mass is 10.1. The smallest absolute Gasteiger partial charge is 0.354 e. The number of carbonyl (C=O) groups is 1. The molecule has 1 fully saturated rings. The third-order valence-corrected chi connectivity index (χ3v) is 3.48. The Morgan fingerprint density at radius 2 is 2.24 bits per heavy atom. The molecule has 2 aromatic rings. The van der Waals surface area contributed by atoms with Gasteiger partial charge in [0.15, 0.2) is 0 Å². The lowest BCUT2D eigenvalue weighted by molar-refractivity contribution is 0.0625. The van der Waals surface area contributed by atoms with Gasteiger partial charge in [0.1, 0.15) is 17.5 Å². The van der Waals surface area contributed by atoms with Crippen molar-refractivity contribution >= 4 is 5.97 Å². The van der Waals surface area contributed by atoms with Crippen LogP contribution < -0.4 is 0 Å². The zero-order valence-corrected chi connectivity index (χ0v) is 11.2. The normalized spacial score (nSPS) is 15.4. The molecule has 0 aromatic carbocycles. The molecule has 7 heteroatoms. The molecule has 1 saturated heterocycles. The summed E-state index contributed by atoms with van der Waals surface area (Å²) in [6.45, 7) is 2.09. The number of nitrogens with zero attached hydrogens (tertiary/aromatic N) is 5. The summed E-state index contributed by atoms with van der Waals surface area (Å²) in [6.07, 6.45) is 1.50. The van der Waals surface area contributed by atoms with E-state index >= 15 is 0 Å². The highest BCUT2D eigenvalue weighted by molar-refractivity contribution is 5.85. The molecule has 2 aromatic heterocycles. The Balaban J connectivity index is 1.62. The summed E-state index contributed by atoms with van der Waals surface area (Å²) in [4.78, 5) is 17.4. The predicted molar refractivity (Wildman–Crippen MR) is 72.5 cm³/mol. The van der Waals surface area contributed by atoms with Crippen molar-refractivity contribution in [2.45, 2.75) is 12.6 Å². The first-order valence-corrected chi connectivity index (χ1v) is 6.52. The van der Waals surface area contributed by atoms with Crippen molar-refractivity contribution in [2.75, 3.05) is 13.1 Å². The zero-order chi connectivity index (χ0) is 14.8. The molecule has 0 saturated carbocycles. The van der Waals surface area contributed by atoms with Gasteiger partial charge in [-0.3, -0.25) is 9.58 Å². The van der Waals surface area contributed by atoms with Crippen LogP contribution in [-0.4, -0.2) is 43.8 Å². The van der Waals surface area contributed by atoms with Crippen LogP contribution in [0.4, 0.5) is 0 Å². The van der Waals surface area contributed by atoms with E-state index in [1.165, 1.54) is 12.3 Å². The van der Waals surface area contributed by atoms with Gasteiger partial charge in [-0.05, 0) is 18.2 Å². The summed E-state index contributed by atoms with van der Waals surface area (Å²) in [5, 5.41) is 22.0. The highest BCUT2D eigenvalue weighted by Crippen LogP contribution is 2.23. The third-order valence-electron chi connectivity index (χ3n) is 3.48. The molecular formula is C14H13N5O2. The van der Waals surface area contributed by atoms with Crippen molar-refractivity contribution in [3.63, 3.8) is 0 Å². The van der Waals surface area contributed by atoms with Crippen LogP contribution in [0.2, 0.25) is 0 Å². The maximum absolute atomic E-state index is 11.1. The monoisotopic (exact) mass is 283 g/mol. The van der Waals surface area contributed by atoms with Crippen LogP contribution in [0.25, 0.3) is 0 Å². The molecule has 0 unspecified atom stereocenters. The lowest BCUT2D eigenvalue weighted by Crippen LogP contribution is -2.48. The third kappa shape index (κ3) is 2.61. The van der Waals surface area contributed by atoms with E-state index < -0.39 is 5.97 Å². The lowest BCUT2D eigenvalue weighted by Gasteiger charge is -2.39. The molecule has 0 aliphatic carbocycles. The molecule has 106 valence electrons. The SMILES string of the molecule is N#Cc1cccc(CN2CC(n3nccc3C(=O)O)C2)n1. The number of aromatic nitrogens is 3. The van der Waals surface area contributed by atoms with E-state index in [9.17, 15) is 4.79 Å². The Morgan fingerprint density at radius 1 is 1.43 bits per heavy atom. The Hall–Kier alpha value is -2.72. The summed E-state index contributed by atoms with van der Waals surface area (Å²) in [6, 6.07) is 8.96. The Kier molecular flexibility index (Phi) is 3.38. The average molecular weight is 283 g/mol. The number of pyridine rings is 1. The fourth-order valence-electron chi connectivity index (χ4n) is 2.46. The molecule has 3 rings (SSSR count). The quantitative estimate of drug-likeness (QED) is 0.896. The van der Waals surface area contributed by atoms with Crippen LogP contribution in [0, 0.1) is 11.3 Å². The van der Waals surface area contributed by atoms with Gasteiger partial charge >= 0.3 is 5.97 Å². The van der Waals surface area contributed by atoms with E-state index in [0.717, 1.165) is 18.8 Å². The summed E-state index contributed by atoms with van der Waals surface area (Å²) >= 11 is 0. The van der Waals surface area contributed by atoms with Crippen molar-refractivity contribution in [2.24, 2.45) is 0 Å². The van der Waals surface area contributed by atoms with Crippen LogP contribution in [0.3, 0.4) is 0 Å². The van der Waals surface area contributed by atoms with E-state index in [4.69, 9.17) is 10.4 Å². The van der Waals surface area contributed by atoms with Crippen LogP contribution in [-0.2, 0) is 6.54 Å². The fourth-order valence-corrected chi connectivity index (χ4v) is 2.46. The van der Waals surface area contributed by atoms with E-state index in [-0.39, 0.29) is 11.7 Å².